The van der Waals surface area contributed by atoms with Gasteiger partial charge in [-0.15, -0.1) is 0 Å². The molecule has 11 nitrogen and oxygen atoms in total. The van der Waals surface area contributed by atoms with Crippen molar-refractivity contribution in [2.45, 2.75) is 32.1 Å². The number of morpholine rings is 1. The molecule has 42 heavy (non-hydrogen) atoms. The summed E-state index contributed by atoms with van der Waals surface area (Å²) in [5, 5.41) is 6.06. The second kappa shape index (κ2) is 12.8. The van der Waals surface area contributed by atoms with Crippen molar-refractivity contribution < 1.29 is 23.7 Å². The maximum atomic E-state index is 11.7. The van der Waals surface area contributed by atoms with E-state index >= 15 is 0 Å². The number of amides is 1. The molecule has 0 saturated carbocycles. The number of hydrogen-bond donors (Lipinski definition) is 2. The molecule has 2 aromatic carbocycles. The summed E-state index contributed by atoms with van der Waals surface area (Å²) in [6, 6.07) is 13.9. The van der Waals surface area contributed by atoms with E-state index in [2.05, 4.69) is 49.1 Å². The van der Waals surface area contributed by atoms with Crippen molar-refractivity contribution in [3.63, 3.8) is 0 Å². The monoisotopic (exact) mass is 572 g/mol. The molecule has 0 bridgehead atoms. The average Bonchev–Trinajstić information content (AvgIpc) is 3.51. The molecule has 6 rings (SSSR count). The minimum atomic E-state index is -0.299. The predicted octanol–water partition coefficient (Wildman–Crippen LogP) is 4.48. The maximum Gasteiger partial charge on any atom is 0.247 e. The van der Waals surface area contributed by atoms with Gasteiger partial charge in [0.2, 0.25) is 17.7 Å². The van der Waals surface area contributed by atoms with Crippen LogP contribution in [0.2, 0.25) is 0 Å². The fourth-order valence-electron chi connectivity index (χ4n) is 5.64. The van der Waals surface area contributed by atoms with Gasteiger partial charge in [-0.2, -0.15) is 4.98 Å². The van der Waals surface area contributed by atoms with Gasteiger partial charge < -0.3 is 34.5 Å². The van der Waals surface area contributed by atoms with E-state index in [0.717, 1.165) is 74.9 Å². The summed E-state index contributed by atoms with van der Waals surface area (Å²) in [7, 11) is 1.67. The van der Waals surface area contributed by atoms with Gasteiger partial charge in [0, 0.05) is 55.7 Å². The van der Waals surface area contributed by atoms with Gasteiger partial charge >= 0.3 is 0 Å². The quantitative estimate of drug-likeness (QED) is 0.356. The van der Waals surface area contributed by atoms with Crippen LogP contribution in [0.4, 0.5) is 23.0 Å². The molecule has 2 fully saturated rings. The Hall–Kier alpha value is -4.19. The van der Waals surface area contributed by atoms with Crippen molar-refractivity contribution in [2.75, 3.05) is 62.0 Å². The molecule has 3 aliphatic heterocycles. The third kappa shape index (κ3) is 6.33. The number of hydrogen-bond acceptors (Lipinski definition) is 10. The predicted molar refractivity (Wildman–Crippen MR) is 160 cm³/mol. The number of carbonyl (C=O) groups is 1. The van der Waals surface area contributed by atoms with Crippen LogP contribution >= 0.6 is 0 Å². The van der Waals surface area contributed by atoms with Crippen LogP contribution in [0.25, 0.3) is 0 Å². The molecule has 1 aromatic heterocycles. The van der Waals surface area contributed by atoms with Crippen LogP contribution < -0.4 is 25.0 Å². The van der Waals surface area contributed by atoms with Crippen LogP contribution in [0.5, 0.6) is 17.4 Å². The highest BCUT2D eigenvalue weighted by Crippen LogP contribution is 2.36. The average molecular weight is 573 g/mol. The van der Waals surface area contributed by atoms with Crippen LogP contribution in [-0.4, -0.2) is 73.3 Å². The lowest BCUT2D eigenvalue weighted by molar-refractivity contribution is -0.111. The first-order valence-electron chi connectivity index (χ1n) is 14.3. The molecule has 0 aliphatic carbocycles. The largest absolute Gasteiger partial charge is 0.494 e. The number of benzene rings is 2. The number of carbonyl (C=O) groups excluding carboxylic acids is 1. The zero-order valence-corrected chi connectivity index (χ0v) is 23.8. The standard InChI is InChI=1S/C31H36N6O5/c1-3-29(38)32-21-5-4-6-24(17-21)42-30-25-19-41-20-27(25)34-31(35-30)33-26-8-7-23(18-28(26)39-2)36-11-9-22(10-12-36)37-13-15-40-16-14-37/h3-8,17-18,22H,1,9-16,19-20H2,2H3,(H,32,38)(H,33,34,35). The van der Waals surface area contributed by atoms with Crippen molar-refractivity contribution in [1.82, 2.24) is 14.9 Å². The highest BCUT2D eigenvalue weighted by Gasteiger charge is 2.27. The lowest BCUT2D eigenvalue weighted by Crippen LogP contribution is -2.49. The van der Waals surface area contributed by atoms with Gasteiger partial charge in [-0.25, -0.2) is 4.98 Å². The van der Waals surface area contributed by atoms with E-state index in [0.29, 0.717) is 48.3 Å². The first-order chi connectivity index (χ1) is 20.6. The Balaban J connectivity index is 1.17. The Kier molecular flexibility index (Phi) is 8.50. The number of fused-ring (bicyclic) bond motifs is 1. The number of piperidine rings is 1. The second-order valence-corrected chi connectivity index (χ2v) is 10.5. The van der Waals surface area contributed by atoms with Gasteiger partial charge in [0.25, 0.3) is 0 Å². The van der Waals surface area contributed by atoms with Crippen LogP contribution in [0.15, 0.2) is 55.1 Å². The molecular weight excluding hydrogens is 536 g/mol. The lowest BCUT2D eigenvalue weighted by Gasteiger charge is -2.40. The number of ether oxygens (including phenoxy) is 4. The highest BCUT2D eigenvalue weighted by atomic mass is 16.5. The van der Waals surface area contributed by atoms with E-state index in [9.17, 15) is 4.79 Å². The summed E-state index contributed by atoms with van der Waals surface area (Å²) >= 11 is 0. The third-order valence-corrected chi connectivity index (χ3v) is 7.86. The Bertz CT molecular complexity index is 1440. The Labute approximate surface area is 245 Å². The molecule has 3 aromatic rings. The van der Waals surface area contributed by atoms with Gasteiger partial charge in [0.05, 0.1) is 50.5 Å². The van der Waals surface area contributed by atoms with E-state index in [1.54, 1.807) is 31.4 Å². The minimum Gasteiger partial charge on any atom is -0.494 e. The van der Waals surface area contributed by atoms with Gasteiger partial charge in [-0.3, -0.25) is 9.69 Å². The number of nitrogens with one attached hydrogen (secondary N) is 2. The van der Waals surface area contributed by atoms with Gasteiger partial charge in [-0.05, 0) is 43.2 Å². The first-order valence-corrected chi connectivity index (χ1v) is 14.3. The first kappa shape index (κ1) is 28.0. The van der Waals surface area contributed by atoms with E-state index in [1.807, 2.05) is 6.07 Å². The summed E-state index contributed by atoms with van der Waals surface area (Å²) in [5.74, 6) is 1.70. The number of nitrogens with zero attached hydrogens (tertiary/aromatic N) is 4. The zero-order valence-electron chi connectivity index (χ0n) is 23.8. The zero-order chi connectivity index (χ0) is 28.9. The van der Waals surface area contributed by atoms with E-state index in [1.165, 1.54) is 6.08 Å². The van der Waals surface area contributed by atoms with E-state index in [4.69, 9.17) is 18.9 Å². The molecule has 3 aliphatic rings. The molecule has 4 heterocycles. The Morgan fingerprint density at radius 1 is 1.05 bits per heavy atom. The summed E-state index contributed by atoms with van der Waals surface area (Å²) in [6.07, 6.45) is 3.49. The van der Waals surface area contributed by atoms with Gasteiger partial charge in [0.1, 0.15) is 11.5 Å². The number of anilines is 4. The van der Waals surface area contributed by atoms with Crippen LogP contribution in [0.1, 0.15) is 24.1 Å². The van der Waals surface area contributed by atoms with Gasteiger partial charge in [-0.1, -0.05) is 12.6 Å². The smallest absolute Gasteiger partial charge is 0.247 e. The molecule has 1 amide bonds. The molecule has 11 heteroatoms. The SMILES string of the molecule is C=CC(=O)Nc1cccc(Oc2nc(Nc3ccc(N4CCC(N5CCOCC5)CC4)cc3OC)nc3c2COC3)c1. The number of rotatable bonds is 9. The second-order valence-electron chi connectivity index (χ2n) is 10.5. The fraction of sp³-hybridized carbons (Fsp3) is 0.387. The van der Waals surface area contributed by atoms with Crippen molar-refractivity contribution in [3.05, 3.63) is 66.4 Å². The summed E-state index contributed by atoms with van der Waals surface area (Å²) < 4.78 is 23.1. The van der Waals surface area contributed by atoms with Crippen molar-refractivity contribution in [1.29, 1.82) is 0 Å². The topological polar surface area (TPSA) is 110 Å². The highest BCUT2D eigenvalue weighted by molar-refractivity contribution is 5.98. The van der Waals surface area contributed by atoms with Crippen molar-refractivity contribution >= 4 is 28.9 Å². The minimum absolute atomic E-state index is 0.299. The Morgan fingerprint density at radius 3 is 2.67 bits per heavy atom. The molecule has 0 radical (unpaired) electrons. The summed E-state index contributed by atoms with van der Waals surface area (Å²) in [6.45, 7) is 9.97. The van der Waals surface area contributed by atoms with E-state index < -0.39 is 0 Å². The van der Waals surface area contributed by atoms with Crippen LogP contribution in [0, 0.1) is 0 Å². The molecule has 2 saturated heterocycles. The molecule has 0 unspecified atom stereocenters. The number of aromatic nitrogens is 2. The van der Waals surface area contributed by atoms with Crippen LogP contribution in [0.3, 0.4) is 0 Å². The van der Waals surface area contributed by atoms with Crippen molar-refractivity contribution in [2.24, 2.45) is 0 Å². The molecule has 0 spiro atoms. The maximum absolute atomic E-state index is 11.7. The fourth-order valence-corrected chi connectivity index (χ4v) is 5.64. The van der Waals surface area contributed by atoms with Crippen LogP contribution in [-0.2, 0) is 27.5 Å². The summed E-state index contributed by atoms with van der Waals surface area (Å²) in [4.78, 5) is 26.1. The molecule has 2 N–H and O–H groups in total. The molecule has 220 valence electrons. The molecule has 0 atom stereocenters. The Morgan fingerprint density at radius 2 is 1.88 bits per heavy atom. The lowest BCUT2D eigenvalue weighted by atomic mass is 10.0. The molecular formula is C31H36N6O5. The van der Waals surface area contributed by atoms with Crippen molar-refractivity contribution in [3.8, 4) is 17.4 Å². The summed E-state index contributed by atoms with van der Waals surface area (Å²) in [5.41, 5.74) is 4.03. The van der Waals surface area contributed by atoms with Gasteiger partial charge in [0.15, 0.2) is 0 Å². The third-order valence-electron chi connectivity index (χ3n) is 7.86. The number of methoxy groups -OCH3 is 1. The normalized spacial score (nSPS) is 17.4. The van der Waals surface area contributed by atoms with E-state index in [-0.39, 0.29) is 5.91 Å².